The number of rotatable bonds is 5. The summed E-state index contributed by atoms with van der Waals surface area (Å²) < 4.78 is 0. The molecule has 1 aromatic carbocycles. The van der Waals surface area contributed by atoms with Crippen molar-refractivity contribution in [2.75, 3.05) is 6.54 Å². The van der Waals surface area contributed by atoms with E-state index in [1.54, 1.807) is 18.5 Å². The molecule has 3 N–H and O–H groups in total. The van der Waals surface area contributed by atoms with E-state index in [2.05, 4.69) is 15.3 Å². The van der Waals surface area contributed by atoms with E-state index in [9.17, 15) is 4.79 Å². The first kappa shape index (κ1) is 14.4. The first-order valence-electron chi connectivity index (χ1n) is 6.82. The second-order valence-electron chi connectivity index (χ2n) is 5.14. The molecule has 1 heterocycles. The van der Waals surface area contributed by atoms with Gasteiger partial charge in [0, 0.05) is 17.9 Å². The molecular weight excluding hydrogens is 252 g/mol. The van der Waals surface area contributed by atoms with Gasteiger partial charge < -0.3 is 11.1 Å². The van der Waals surface area contributed by atoms with Crippen LogP contribution in [0.5, 0.6) is 0 Å². The van der Waals surface area contributed by atoms with Crippen molar-refractivity contribution >= 4 is 16.9 Å². The molecule has 2 aromatic rings. The zero-order valence-corrected chi connectivity index (χ0v) is 11.9. The number of carbonyl (C=O) groups is 1. The Morgan fingerprint density at radius 3 is 2.80 bits per heavy atom. The number of carbonyl (C=O) groups excluding carboxylic acids is 1. The van der Waals surface area contributed by atoms with Gasteiger partial charge in [0.25, 0.3) is 5.91 Å². The SMILES string of the molecule is CCC(C)(CCN)NC(=O)c1cccc2nccnc12. The Bertz CT molecular complexity index is 608. The number of fused-ring (bicyclic) bond motifs is 1. The molecule has 5 heteroatoms. The smallest absolute Gasteiger partial charge is 0.253 e. The maximum atomic E-state index is 12.5. The largest absolute Gasteiger partial charge is 0.347 e. The highest BCUT2D eigenvalue weighted by atomic mass is 16.1. The fourth-order valence-corrected chi connectivity index (χ4v) is 2.16. The van der Waals surface area contributed by atoms with Crippen molar-refractivity contribution in [3.63, 3.8) is 0 Å². The van der Waals surface area contributed by atoms with Crippen LogP contribution in [0.4, 0.5) is 0 Å². The Morgan fingerprint density at radius 2 is 2.10 bits per heavy atom. The van der Waals surface area contributed by atoms with Crippen LogP contribution < -0.4 is 11.1 Å². The highest BCUT2D eigenvalue weighted by Crippen LogP contribution is 2.18. The molecule has 0 aliphatic carbocycles. The van der Waals surface area contributed by atoms with Gasteiger partial charge in [0.05, 0.1) is 11.1 Å². The molecule has 0 radical (unpaired) electrons. The molecule has 2 rings (SSSR count). The monoisotopic (exact) mass is 272 g/mol. The predicted octanol–water partition coefficient (Wildman–Crippen LogP) is 1.88. The van der Waals surface area contributed by atoms with Crippen LogP contribution in [0.1, 0.15) is 37.0 Å². The maximum absolute atomic E-state index is 12.5. The molecule has 0 fully saturated rings. The summed E-state index contributed by atoms with van der Waals surface area (Å²) in [4.78, 5) is 21.0. The molecule has 0 aliphatic heterocycles. The standard InChI is InChI=1S/C15H20N4O/c1-3-15(2,7-8-16)19-14(20)11-5-4-6-12-13(11)18-10-9-17-12/h4-6,9-10H,3,7-8,16H2,1-2H3,(H,19,20). The number of amides is 1. The van der Waals surface area contributed by atoms with Gasteiger partial charge >= 0.3 is 0 Å². The third kappa shape index (κ3) is 2.93. The van der Waals surface area contributed by atoms with Crippen LogP contribution in [0.3, 0.4) is 0 Å². The van der Waals surface area contributed by atoms with Gasteiger partial charge in [0.1, 0.15) is 5.52 Å². The normalized spacial score (nSPS) is 13.9. The van der Waals surface area contributed by atoms with Crippen LogP contribution >= 0.6 is 0 Å². The van der Waals surface area contributed by atoms with Gasteiger partial charge in [-0.3, -0.25) is 14.8 Å². The molecule has 0 aliphatic rings. The van der Waals surface area contributed by atoms with E-state index in [1.165, 1.54) is 0 Å². The summed E-state index contributed by atoms with van der Waals surface area (Å²) >= 11 is 0. The molecular formula is C15H20N4O. The Balaban J connectivity index is 2.32. The lowest BCUT2D eigenvalue weighted by molar-refractivity contribution is 0.0901. The van der Waals surface area contributed by atoms with Crippen LogP contribution in [0.15, 0.2) is 30.6 Å². The summed E-state index contributed by atoms with van der Waals surface area (Å²) in [6, 6.07) is 5.43. The topological polar surface area (TPSA) is 80.9 Å². The van der Waals surface area contributed by atoms with Crippen molar-refractivity contribution in [1.82, 2.24) is 15.3 Å². The zero-order valence-electron chi connectivity index (χ0n) is 11.9. The van der Waals surface area contributed by atoms with Gasteiger partial charge in [0.15, 0.2) is 0 Å². The molecule has 0 spiro atoms. The van der Waals surface area contributed by atoms with Gasteiger partial charge in [-0.2, -0.15) is 0 Å². The zero-order chi connectivity index (χ0) is 14.6. The van der Waals surface area contributed by atoms with Gasteiger partial charge in [-0.15, -0.1) is 0 Å². The predicted molar refractivity (Wildman–Crippen MR) is 79.4 cm³/mol. The Kier molecular flexibility index (Phi) is 4.29. The molecule has 1 amide bonds. The number of hydrogen-bond acceptors (Lipinski definition) is 4. The van der Waals surface area contributed by atoms with Crippen LogP contribution in [0.25, 0.3) is 11.0 Å². The summed E-state index contributed by atoms with van der Waals surface area (Å²) in [5.41, 5.74) is 7.22. The fourth-order valence-electron chi connectivity index (χ4n) is 2.16. The van der Waals surface area contributed by atoms with Crippen molar-refractivity contribution < 1.29 is 4.79 Å². The number of hydrogen-bond donors (Lipinski definition) is 2. The minimum absolute atomic E-state index is 0.131. The first-order valence-corrected chi connectivity index (χ1v) is 6.82. The van der Waals surface area contributed by atoms with Crippen LogP contribution in [0.2, 0.25) is 0 Å². The van der Waals surface area contributed by atoms with E-state index < -0.39 is 0 Å². The molecule has 0 saturated heterocycles. The summed E-state index contributed by atoms with van der Waals surface area (Å²) in [7, 11) is 0. The van der Waals surface area contributed by atoms with Crippen molar-refractivity contribution in [2.45, 2.75) is 32.2 Å². The van der Waals surface area contributed by atoms with E-state index >= 15 is 0 Å². The summed E-state index contributed by atoms with van der Waals surface area (Å²) in [6.07, 6.45) is 4.78. The van der Waals surface area contributed by atoms with Crippen molar-refractivity contribution in [3.8, 4) is 0 Å². The number of nitrogens with zero attached hydrogens (tertiary/aromatic N) is 2. The van der Waals surface area contributed by atoms with Crippen molar-refractivity contribution in [2.24, 2.45) is 5.73 Å². The summed E-state index contributed by atoms with van der Waals surface area (Å²) in [5, 5.41) is 3.07. The average Bonchev–Trinajstić information content (AvgIpc) is 2.46. The Labute approximate surface area is 118 Å². The van der Waals surface area contributed by atoms with Crippen molar-refractivity contribution in [3.05, 3.63) is 36.2 Å². The highest BCUT2D eigenvalue weighted by Gasteiger charge is 2.24. The van der Waals surface area contributed by atoms with E-state index in [1.807, 2.05) is 26.0 Å². The molecule has 1 atom stereocenters. The molecule has 0 saturated carbocycles. The first-order chi connectivity index (χ1) is 9.59. The molecule has 0 bridgehead atoms. The summed E-state index contributed by atoms with van der Waals surface area (Å²) in [6.45, 7) is 4.59. The van der Waals surface area contributed by atoms with Crippen LogP contribution in [-0.2, 0) is 0 Å². The minimum Gasteiger partial charge on any atom is -0.347 e. The molecule has 1 aromatic heterocycles. The number of benzene rings is 1. The number of para-hydroxylation sites is 1. The Morgan fingerprint density at radius 1 is 1.35 bits per heavy atom. The highest BCUT2D eigenvalue weighted by molar-refractivity contribution is 6.04. The molecule has 106 valence electrons. The minimum atomic E-state index is -0.295. The van der Waals surface area contributed by atoms with Gasteiger partial charge in [-0.05, 0) is 38.4 Å². The van der Waals surface area contributed by atoms with Crippen LogP contribution in [0, 0.1) is 0 Å². The lowest BCUT2D eigenvalue weighted by Gasteiger charge is -2.29. The van der Waals surface area contributed by atoms with Crippen LogP contribution in [-0.4, -0.2) is 28.0 Å². The maximum Gasteiger partial charge on any atom is 0.253 e. The second-order valence-corrected chi connectivity index (χ2v) is 5.14. The van der Waals surface area contributed by atoms with E-state index in [0.717, 1.165) is 18.4 Å². The average molecular weight is 272 g/mol. The molecule has 5 nitrogen and oxygen atoms in total. The van der Waals surface area contributed by atoms with Gasteiger partial charge in [-0.1, -0.05) is 13.0 Å². The molecule has 1 unspecified atom stereocenters. The lowest BCUT2D eigenvalue weighted by atomic mass is 9.94. The van der Waals surface area contributed by atoms with E-state index in [4.69, 9.17) is 5.73 Å². The number of aromatic nitrogens is 2. The Hall–Kier alpha value is -2.01. The van der Waals surface area contributed by atoms with Gasteiger partial charge in [0.2, 0.25) is 0 Å². The fraction of sp³-hybridized carbons (Fsp3) is 0.400. The number of nitrogens with two attached hydrogens (primary N) is 1. The lowest BCUT2D eigenvalue weighted by Crippen LogP contribution is -2.46. The van der Waals surface area contributed by atoms with Crippen molar-refractivity contribution in [1.29, 1.82) is 0 Å². The summed E-state index contributed by atoms with van der Waals surface area (Å²) in [5.74, 6) is -0.131. The third-order valence-corrected chi connectivity index (χ3v) is 3.64. The third-order valence-electron chi connectivity index (χ3n) is 3.64. The second kappa shape index (κ2) is 5.96. The quantitative estimate of drug-likeness (QED) is 0.870. The molecule has 20 heavy (non-hydrogen) atoms. The number of nitrogens with one attached hydrogen (secondary N) is 1. The van der Waals surface area contributed by atoms with E-state index in [-0.39, 0.29) is 11.4 Å². The van der Waals surface area contributed by atoms with E-state index in [0.29, 0.717) is 17.6 Å². The van der Waals surface area contributed by atoms with Gasteiger partial charge in [-0.25, -0.2) is 0 Å².